The first-order valence-corrected chi connectivity index (χ1v) is 24.5. The lowest BCUT2D eigenvalue weighted by Gasteiger charge is -2.33. The number of unbranched alkanes of at least 4 members (excludes halogenated alkanes) is 10. The summed E-state index contributed by atoms with van der Waals surface area (Å²) in [6.07, 6.45) is 19.2. The Morgan fingerprint density at radius 2 is 0.698 bits per heavy atom. The van der Waals surface area contributed by atoms with Gasteiger partial charge in [0, 0.05) is 5.41 Å². The molecule has 0 radical (unpaired) electrons. The predicted molar refractivity (Wildman–Crippen MR) is 277 cm³/mol. The largest absolute Gasteiger partial charge is 0.0654 e. The van der Waals surface area contributed by atoms with E-state index in [9.17, 15) is 0 Å². The van der Waals surface area contributed by atoms with E-state index in [1.807, 2.05) is 0 Å². The summed E-state index contributed by atoms with van der Waals surface area (Å²) in [4.78, 5) is 0. The summed E-state index contributed by atoms with van der Waals surface area (Å²) in [5.74, 6) is 0. The molecule has 8 aromatic carbocycles. The number of hydrogen-bond donors (Lipinski definition) is 0. The van der Waals surface area contributed by atoms with Crippen LogP contribution in [0.3, 0.4) is 0 Å². The van der Waals surface area contributed by atoms with E-state index in [0.29, 0.717) is 0 Å². The molecule has 0 amide bonds. The average molecular weight is 827 g/mol. The Labute approximate surface area is 379 Å². The molecule has 1 aliphatic carbocycles. The summed E-state index contributed by atoms with van der Waals surface area (Å²) in [5, 5.41) is 7.77. The topological polar surface area (TPSA) is 0 Å². The maximum absolute atomic E-state index is 2.53. The second-order valence-electron chi connectivity index (χ2n) is 19.0. The molecule has 0 nitrogen and oxygen atoms in total. The highest BCUT2D eigenvalue weighted by Crippen LogP contribution is 2.55. The van der Waals surface area contributed by atoms with E-state index >= 15 is 0 Å². The highest BCUT2D eigenvalue weighted by Gasteiger charge is 2.42. The molecule has 63 heavy (non-hydrogen) atoms. The number of aryl methyl sites for hydroxylation is 4. The average Bonchev–Trinajstić information content (AvgIpc) is 3.55. The zero-order valence-electron chi connectivity index (χ0n) is 39.3. The molecular formula is C63H70. The van der Waals surface area contributed by atoms with Crippen LogP contribution in [0.1, 0.15) is 137 Å². The molecule has 322 valence electrons. The molecule has 0 saturated carbocycles. The van der Waals surface area contributed by atoms with E-state index in [1.54, 1.807) is 11.1 Å². The first-order valence-electron chi connectivity index (χ1n) is 24.5. The minimum atomic E-state index is 0.234. The van der Waals surface area contributed by atoms with E-state index in [1.165, 1.54) is 178 Å². The van der Waals surface area contributed by atoms with Crippen LogP contribution in [0.25, 0.3) is 65.7 Å². The normalized spacial score (nSPS) is 12.7. The second-order valence-corrected chi connectivity index (χ2v) is 19.0. The van der Waals surface area contributed by atoms with E-state index in [4.69, 9.17) is 0 Å². The smallest absolute Gasteiger partial charge is 0.0215 e. The van der Waals surface area contributed by atoms with Crippen LogP contribution in [-0.2, 0) is 5.41 Å². The third kappa shape index (κ3) is 9.57. The fourth-order valence-electron chi connectivity index (χ4n) is 10.7. The fraction of sp³-hybridized carbons (Fsp3) is 0.333. The molecular weight excluding hydrogens is 757 g/mol. The molecule has 0 atom stereocenters. The Morgan fingerprint density at radius 3 is 1.11 bits per heavy atom. The van der Waals surface area contributed by atoms with E-state index in [-0.39, 0.29) is 5.41 Å². The van der Waals surface area contributed by atoms with Crippen LogP contribution in [0, 0.1) is 27.7 Å². The van der Waals surface area contributed by atoms with Crippen molar-refractivity contribution in [3.63, 3.8) is 0 Å². The minimum absolute atomic E-state index is 0.234. The molecule has 0 aromatic heterocycles. The number of benzene rings is 8. The van der Waals surface area contributed by atoms with Crippen LogP contribution in [0.5, 0.6) is 0 Å². The summed E-state index contributed by atoms with van der Waals surface area (Å²) in [6.45, 7) is 13.5. The van der Waals surface area contributed by atoms with Crippen LogP contribution >= 0.6 is 0 Å². The van der Waals surface area contributed by atoms with Gasteiger partial charge in [0.25, 0.3) is 0 Å². The molecule has 0 unspecified atom stereocenters. The molecule has 9 rings (SSSR count). The molecule has 0 heterocycles. The molecule has 0 N–H and O–H groups in total. The van der Waals surface area contributed by atoms with Crippen LogP contribution in [0.15, 0.2) is 146 Å². The van der Waals surface area contributed by atoms with Gasteiger partial charge in [-0.3, -0.25) is 0 Å². The van der Waals surface area contributed by atoms with Crippen molar-refractivity contribution in [2.45, 2.75) is 137 Å². The van der Waals surface area contributed by atoms with E-state index in [2.05, 4.69) is 187 Å². The van der Waals surface area contributed by atoms with Gasteiger partial charge in [0.1, 0.15) is 0 Å². The molecule has 8 aromatic rings. The molecule has 0 fully saturated rings. The summed E-state index contributed by atoms with van der Waals surface area (Å²) in [5.41, 5.74) is 17.1. The van der Waals surface area contributed by atoms with Crippen LogP contribution < -0.4 is 0 Å². The third-order valence-corrected chi connectivity index (χ3v) is 14.2. The van der Waals surface area contributed by atoms with Gasteiger partial charge in [-0.15, -0.1) is 0 Å². The molecule has 0 saturated heterocycles. The summed E-state index contributed by atoms with van der Waals surface area (Å²) in [6, 6.07) is 54.7. The van der Waals surface area contributed by atoms with Crippen molar-refractivity contribution in [2.75, 3.05) is 0 Å². The molecule has 0 aliphatic heterocycles. The van der Waals surface area contributed by atoms with Crippen LogP contribution in [0.4, 0.5) is 0 Å². The van der Waals surface area contributed by atoms with Crippen molar-refractivity contribution >= 4 is 32.3 Å². The summed E-state index contributed by atoms with van der Waals surface area (Å²) in [7, 11) is 0. The summed E-state index contributed by atoms with van der Waals surface area (Å²) >= 11 is 0. The van der Waals surface area contributed by atoms with Gasteiger partial charge in [0.05, 0.1) is 0 Å². The van der Waals surface area contributed by atoms with Gasteiger partial charge < -0.3 is 0 Å². The second kappa shape index (κ2) is 20.4. The zero-order chi connectivity index (χ0) is 43.8. The summed E-state index contributed by atoms with van der Waals surface area (Å²) < 4.78 is 0. The Bertz CT molecular complexity index is 2590. The fourth-order valence-corrected chi connectivity index (χ4v) is 10.7. The zero-order valence-corrected chi connectivity index (χ0v) is 39.3. The van der Waals surface area contributed by atoms with Crippen molar-refractivity contribution in [3.8, 4) is 33.4 Å². The van der Waals surface area contributed by atoms with Crippen molar-refractivity contribution in [1.29, 1.82) is 0 Å². The molecule has 0 spiro atoms. The highest BCUT2D eigenvalue weighted by atomic mass is 14.4. The van der Waals surface area contributed by atoms with Gasteiger partial charge in [0.2, 0.25) is 0 Å². The predicted octanol–water partition coefficient (Wildman–Crippen LogP) is 19.2. The Morgan fingerprint density at radius 1 is 0.333 bits per heavy atom. The first-order chi connectivity index (χ1) is 30.8. The lowest BCUT2D eigenvalue weighted by Crippen LogP contribution is -2.25. The molecule has 1 aliphatic rings. The lowest BCUT2D eigenvalue weighted by atomic mass is 9.70. The highest BCUT2D eigenvalue weighted by molar-refractivity contribution is 6.23. The number of hydrogen-bond acceptors (Lipinski definition) is 0. The maximum atomic E-state index is 2.53. The maximum Gasteiger partial charge on any atom is 0.0215 e. The number of fused-ring (bicyclic) bond motifs is 6. The van der Waals surface area contributed by atoms with Crippen molar-refractivity contribution in [1.82, 2.24) is 0 Å². The first kappa shape index (κ1) is 44.2. The third-order valence-electron chi connectivity index (χ3n) is 14.2. The van der Waals surface area contributed by atoms with Gasteiger partial charge in [0.15, 0.2) is 0 Å². The van der Waals surface area contributed by atoms with Gasteiger partial charge >= 0.3 is 0 Å². The van der Waals surface area contributed by atoms with Gasteiger partial charge in [-0.2, -0.15) is 0 Å². The van der Waals surface area contributed by atoms with E-state index in [0.717, 1.165) is 0 Å². The Kier molecular flexibility index (Phi) is 14.3. The minimum Gasteiger partial charge on any atom is -0.0654 e. The quantitative estimate of drug-likeness (QED) is 0.0672. The van der Waals surface area contributed by atoms with Crippen LogP contribution in [-0.4, -0.2) is 0 Å². The SMILES string of the molecule is CCCCCCCCC1(CCCCCCCC)c2cc(C)ccc2-c2ccc(C)cc21.Cc1ccc(-c2c3ccccc3c(-c3ccc(C)cc3)c3cc4ccccc4cc23)cc1. The number of rotatable bonds is 16. The van der Waals surface area contributed by atoms with Crippen molar-refractivity contribution < 1.29 is 0 Å². The molecule has 0 bridgehead atoms. The van der Waals surface area contributed by atoms with Gasteiger partial charge in [-0.25, -0.2) is 0 Å². The van der Waals surface area contributed by atoms with E-state index < -0.39 is 0 Å². The van der Waals surface area contributed by atoms with Gasteiger partial charge in [-0.1, -0.05) is 247 Å². The monoisotopic (exact) mass is 827 g/mol. The Balaban J connectivity index is 0.000000173. The van der Waals surface area contributed by atoms with Crippen LogP contribution in [0.2, 0.25) is 0 Å². The van der Waals surface area contributed by atoms with Gasteiger partial charge in [-0.05, 0) is 129 Å². The lowest BCUT2D eigenvalue weighted by molar-refractivity contribution is 0.397. The Hall–Kier alpha value is -5.46. The van der Waals surface area contributed by atoms with Crippen molar-refractivity contribution in [3.05, 3.63) is 179 Å². The standard InChI is InChI=1S/C32H24.C31H46/c1-21-11-15-23(16-12-21)31-27-9-5-6-10-28(27)32(24-17-13-22(2)14-18-24)30-20-26-8-4-3-7-25(26)19-29(30)31;1-5-7-9-11-13-15-21-31(22-16-14-12-10-8-6-2)29-23-25(3)17-19-27(29)28-20-18-26(4)24-30(28)31/h3-20H,1-2H3;17-20,23-24H,5-16,21-22H2,1-4H3. The molecule has 0 heteroatoms. The van der Waals surface area contributed by atoms with Crippen molar-refractivity contribution in [2.24, 2.45) is 0 Å².